The Hall–Kier alpha value is -7.45. The Morgan fingerprint density at radius 3 is 1.90 bits per heavy atom. The van der Waals surface area contributed by atoms with Crippen LogP contribution in [0.25, 0.3) is 94.7 Å². The van der Waals surface area contributed by atoms with E-state index in [4.69, 9.17) is 9.40 Å². The van der Waals surface area contributed by atoms with Gasteiger partial charge in [0.15, 0.2) is 0 Å². The molecule has 11 rings (SSSR count). The van der Waals surface area contributed by atoms with Gasteiger partial charge in [0.05, 0.1) is 28.6 Å². The first-order valence-corrected chi connectivity index (χ1v) is 22.4. The summed E-state index contributed by atoms with van der Waals surface area (Å²) in [5.74, 6) is -1.47. The number of hydrogen-bond donors (Lipinski definition) is 0. The fraction of sp³-hybridized carbons (Fsp3) is 0.100. The monoisotopic (exact) mass is 1090 g/mol. The van der Waals surface area contributed by atoms with E-state index in [1.54, 1.807) is 30.3 Å². The van der Waals surface area contributed by atoms with Crippen molar-refractivity contribution in [2.24, 2.45) is 0 Å². The van der Waals surface area contributed by atoms with Gasteiger partial charge in [-0.15, -0.1) is 54.1 Å². The largest absolute Gasteiger partial charge is 0.500 e. The zero-order valence-corrected chi connectivity index (χ0v) is 40.4. The molecule has 0 atom stereocenters. The third kappa shape index (κ3) is 9.16. The predicted octanol–water partition coefficient (Wildman–Crippen LogP) is 16.7. The van der Waals surface area contributed by atoms with E-state index in [9.17, 15) is 13.2 Å². The second-order valence-electron chi connectivity index (χ2n) is 17.3. The molecule has 8 aromatic carbocycles. The molecule has 0 unspecified atom stereocenters. The van der Waals surface area contributed by atoms with E-state index in [1.165, 1.54) is 35.5 Å². The minimum atomic E-state index is -0.783. The van der Waals surface area contributed by atoms with Crippen LogP contribution >= 0.6 is 0 Å². The van der Waals surface area contributed by atoms with Gasteiger partial charge in [0.1, 0.15) is 28.9 Å². The van der Waals surface area contributed by atoms with Crippen molar-refractivity contribution in [2.75, 3.05) is 0 Å². The molecular weight excluding hydrogens is 1050 g/mol. The van der Waals surface area contributed by atoms with E-state index >= 15 is 4.39 Å². The van der Waals surface area contributed by atoms with Crippen molar-refractivity contribution in [2.45, 2.75) is 39.5 Å². The van der Waals surface area contributed by atoms with Crippen LogP contribution in [0, 0.1) is 35.4 Å². The summed E-state index contributed by atoms with van der Waals surface area (Å²) in [7, 11) is 0. The maximum atomic E-state index is 16.0. The van der Waals surface area contributed by atoms with E-state index in [2.05, 4.69) is 116 Å². The second-order valence-corrected chi connectivity index (χ2v) is 17.3. The molecule has 343 valence electrons. The fourth-order valence-corrected chi connectivity index (χ4v) is 8.84. The minimum Gasteiger partial charge on any atom is -0.500 e. The van der Waals surface area contributed by atoms with Crippen LogP contribution in [0.2, 0.25) is 0 Å². The maximum absolute atomic E-state index is 16.0. The van der Waals surface area contributed by atoms with Crippen molar-refractivity contribution in [3.8, 4) is 61.7 Å². The molecule has 0 fully saturated rings. The standard InChI is InChI=1S/C49H36F3N2O.C11H7FN.Ir/c1-28(2)39-23-33(32-19-17-31(18-20-32)30-11-6-5-7-12-30)24-40(29(3)4)47(39)54-44-16-9-8-15-43(44)53-49(54)38-14-10-13-37-46-42(52)25-34(26-45(46)55-48(37)38)36-22-21-35(50)27-41(36)51;12-10-6-7-11(13-8-10)9-4-2-1-3-5-9;/h5-13,15-29H,1-4H3;1-4,6-8H;/q2*-1;. The van der Waals surface area contributed by atoms with Crippen LogP contribution in [0.5, 0.6) is 0 Å². The van der Waals surface area contributed by atoms with E-state index in [0.29, 0.717) is 22.4 Å². The number of imidazole rings is 1. The number of furan rings is 1. The minimum absolute atomic E-state index is 0. The first-order valence-electron chi connectivity index (χ1n) is 22.4. The van der Waals surface area contributed by atoms with Crippen molar-refractivity contribution in [3.05, 3.63) is 223 Å². The fourth-order valence-electron chi connectivity index (χ4n) is 8.84. The summed E-state index contributed by atoms with van der Waals surface area (Å²) in [5, 5.41) is 0.820. The summed E-state index contributed by atoms with van der Waals surface area (Å²) in [5.41, 5.74) is 12.9. The van der Waals surface area contributed by atoms with Gasteiger partial charge in [-0.25, -0.2) is 17.6 Å². The zero-order chi connectivity index (χ0) is 47.1. The number of pyridine rings is 1. The van der Waals surface area contributed by atoms with Gasteiger partial charge < -0.3 is 14.0 Å². The summed E-state index contributed by atoms with van der Waals surface area (Å²) in [6.45, 7) is 8.84. The third-order valence-electron chi connectivity index (χ3n) is 12.2. The average Bonchev–Trinajstić information content (AvgIpc) is 3.94. The molecule has 0 bridgehead atoms. The normalized spacial score (nSPS) is 11.3. The molecule has 0 amide bonds. The van der Waals surface area contributed by atoms with Crippen molar-refractivity contribution in [1.82, 2.24) is 14.5 Å². The number of hydrogen-bond acceptors (Lipinski definition) is 3. The molecule has 3 heterocycles. The molecule has 0 N–H and O–H groups in total. The van der Waals surface area contributed by atoms with Gasteiger partial charge in [0.2, 0.25) is 0 Å². The molecule has 1 radical (unpaired) electrons. The van der Waals surface area contributed by atoms with E-state index in [0.717, 1.165) is 62.4 Å². The molecule has 9 heteroatoms. The number of fused-ring (bicyclic) bond motifs is 4. The summed E-state index contributed by atoms with van der Waals surface area (Å²) >= 11 is 0. The number of nitrogens with zero attached hydrogens (tertiary/aromatic N) is 3. The number of benzene rings is 8. The molecule has 0 aliphatic heterocycles. The van der Waals surface area contributed by atoms with Crippen molar-refractivity contribution >= 4 is 33.0 Å². The Bertz CT molecular complexity index is 3580. The topological polar surface area (TPSA) is 43.9 Å². The van der Waals surface area contributed by atoms with E-state index < -0.39 is 17.5 Å². The Morgan fingerprint density at radius 2 is 1.23 bits per heavy atom. The van der Waals surface area contributed by atoms with Crippen molar-refractivity contribution in [3.63, 3.8) is 0 Å². The van der Waals surface area contributed by atoms with E-state index in [1.807, 2.05) is 42.5 Å². The van der Waals surface area contributed by atoms with Crippen molar-refractivity contribution in [1.29, 1.82) is 0 Å². The quantitative estimate of drug-likeness (QED) is 0.112. The molecule has 4 nitrogen and oxygen atoms in total. The van der Waals surface area contributed by atoms with Gasteiger partial charge >= 0.3 is 0 Å². The first kappa shape index (κ1) is 46.7. The van der Waals surface area contributed by atoms with Gasteiger partial charge in [-0.05, 0) is 111 Å². The summed E-state index contributed by atoms with van der Waals surface area (Å²) in [6, 6.07) is 58.3. The number of para-hydroxylation sites is 2. The molecule has 0 spiro atoms. The van der Waals surface area contributed by atoms with Gasteiger partial charge in [-0.1, -0.05) is 111 Å². The Morgan fingerprint density at radius 1 is 0.565 bits per heavy atom. The number of halogens is 4. The molecule has 0 saturated heterocycles. The second kappa shape index (κ2) is 19.6. The Balaban J connectivity index is 0.000000366. The van der Waals surface area contributed by atoms with Crippen LogP contribution in [0.3, 0.4) is 0 Å². The smallest absolute Gasteiger partial charge is 0.139 e. The van der Waals surface area contributed by atoms with Crippen LogP contribution in [0.15, 0.2) is 180 Å². The maximum Gasteiger partial charge on any atom is 0.139 e. The Kier molecular flexibility index (Phi) is 13.3. The van der Waals surface area contributed by atoms with Gasteiger partial charge in [0.25, 0.3) is 0 Å². The SMILES string of the molecule is CC(C)c1cc(-c2ccc(-c3ccccc3)cc2)cc(C(C)C)c1-n1c(-c2[c-]ccc3c2oc2cc(-c4ccc(F)cc4F)cc(F)c23)nc2ccccc21.Fc1ccc(-c2[c-]cccc2)nc1.[Ir]. The third-order valence-corrected chi connectivity index (χ3v) is 12.2. The zero-order valence-electron chi connectivity index (χ0n) is 38.0. The van der Waals surface area contributed by atoms with Crippen molar-refractivity contribution < 1.29 is 42.1 Å². The van der Waals surface area contributed by atoms with Gasteiger partial charge in [-0.3, -0.25) is 4.98 Å². The average molecular weight is 1090 g/mol. The molecule has 0 saturated carbocycles. The molecule has 3 aromatic heterocycles. The van der Waals surface area contributed by atoms with Gasteiger partial charge in [0, 0.05) is 42.8 Å². The van der Waals surface area contributed by atoms with Crippen LogP contribution < -0.4 is 0 Å². The summed E-state index contributed by atoms with van der Waals surface area (Å²) in [4.78, 5) is 9.14. The first-order chi connectivity index (χ1) is 33.0. The molecule has 0 aliphatic carbocycles. The Labute approximate surface area is 411 Å². The molecule has 69 heavy (non-hydrogen) atoms. The molecule has 11 aromatic rings. The molecule has 0 aliphatic rings. The number of aromatic nitrogens is 3. The van der Waals surface area contributed by atoms with Crippen LogP contribution in [0.1, 0.15) is 50.7 Å². The molecular formula is C60H43F4IrN3O-2. The van der Waals surface area contributed by atoms with Crippen LogP contribution in [-0.4, -0.2) is 14.5 Å². The van der Waals surface area contributed by atoms with Crippen LogP contribution in [-0.2, 0) is 20.1 Å². The van der Waals surface area contributed by atoms with Gasteiger partial charge in [-0.2, -0.15) is 0 Å². The van der Waals surface area contributed by atoms with Crippen LogP contribution in [0.4, 0.5) is 17.6 Å². The predicted molar refractivity (Wildman–Crippen MR) is 265 cm³/mol. The summed E-state index contributed by atoms with van der Waals surface area (Å²) in [6.07, 6.45) is 1.20. The summed E-state index contributed by atoms with van der Waals surface area (Å²) < 4.78 is 65.8. The van der Waals surface area contributed by atoms with E-state index in [-0.39, 0.29) is 59.9 Å². The number of rotatable bonds is 8.